The second-order valence-corrected chi connectivity index (χ2v) is 6.45. The molecule has 0 heterocycles. The molecule has 0 aliphatic rings. The molecule has 25 heavy (non-hydrogen) atoms. The smallest absolute Gasteiger partial charge is 0.408 e. The number of carbonyl (C=O) groups excluding carboxylic acids is 1. The van der Waals surface area contributed by atoms with Crippen LogP contribution in [0.5, 0.6) is 0 Å². The number of ether oxygens (including phenoxy) is 3. The van der Waals surface area contributed by atoms with Gasteiger partial charge >= 0.3 is 12.1 Å². The Labute approximate surface area is 148 Å². The summed E-state index contributed by atoms with van der Waals surface area (Å²) in [7, 11) is 0. The average Bonchev–Trinajstić information content (AvgIpc) is 2.50. The molecule has 0 aliphatic heterocycles. The summed E-state index contributed by atoms with van der Waals surface area (Å²) in [6.07, 6.45) is -2.80. The zero-order chi connectivity index (χ0) is 19.0. The fourth-order valence-corrected chi connectivity index (χ4v) is 2.19. The van der Waals surface area contributed by atoms with Crippen molar-refractivity contribution in [2.75, 3.05) is 6.61 Å². The Kier molecular flexibility index (Phi) is 7.86. The molecule has 7 heteroatoms. The Hall–Kier alpha value is -2.12. The fourth-order valence-electron chi connectivity index (χ4n) is 2.19. The largest absolute Gasteiger partial charge is 0.479 e. The number of hydrogen-bond donors (Lipinski definition) is 2. The minimum absolute atomic E-state index is 0.378. The summed E-state index contributed by atoms with van der Waals surface area (Å²) in [6.45, 7) is 8.95. The molecule has 0 saturated carbocycles. The lowest BCUT2D eigenvalue weighted by Gasteiger charge is -2.29. The van der Waals surface area contributed by atoms with E-state index in [9.17, 15) is 14.7 Å². The molecule has 0 radical (unpaired) electrons. The van der Waals surface area contributed by atoms with Gasteiger partial charge in [0.1, 0.15) is 5.60 Å². The molecular weight excluding hydrogens is 326 g/mol. The molecule has 1 amide bonds. The van der Waals surface area contributed by atoms with Crippen molar-refractivity contribution in [2.24, 2.45) is 0 Å². The summed E-state index contributed by atoms with van der Waals surface area (Å²) >= 11 is 0. The summed E-state index contributed by atoms with van der Waals surface area (Å²) in [4.78, 5) is 23.9. The molecule has 3 atom stereocenters. The number of carboxylic acids is 1. The van der Waals surface area contributed by atoms with E-state index in [0.29, 0.717) is 12.2 Å². The van der Waals surface area contributed by atoms with Gasteiger partial charge in [-0.3, -0.25) is 0 Å². The van der Waals surface area contributed by atoms with E-state index >= 15 is 0 Å². The van der Waals surface area contributed by atoms with Crippen molar-refractivity contribution in [1.82, 2.24) is 5.32 Å². The predicted molar refractivity (Wildman–Crippen MR) is 92.1 cm³/mol. The highest BCUT2D eigenvalue weighted by Gasteiger charge is 2.34. The number of amides is 1. The summed E-state index contributed by atoms with van der Waals surface area (Å²) in [5, 5.41) is 12.2. The first-order valence-electron chi connectivity index (χ1n) is 8.18. The summed E-state index contributed by atoms with van der Waals surface area (Å²) in [6, 6.07) is 7.80. The molecule has 7 nitrogen and oxygen atoms in total. The van der Waals surface area contributed by atoms with Gasteiger partial charge in [-0.2, -0.15) is 0 Å². The van der Waals surface area contributed by atoms with E-state index < -0.39 is 36.1 Å². The van der Waals surface area contributed by atoms with Crippen LogP contribution in [0.1, 0.15) is 46.2 Å². The van der Waals surface area contributed by atoms with Crippen LogP contribution in [0.2, 0.25) is 0 Å². The summed E-state index contributed by atoms with van der Waals surface area (Å²) in [5.41, 5.74) is -0.117. The number of hydrogen-bond acceptors (Lipinski definition) is 5. The Morgan fingerprint density at radius 3 is 2.28 bits per heavy atom. The lowest BCUT2D eigenvalue weighted by atomic mass is 10.0. The van der Waals surface area contributed by atoms with Crippen LogP contribution < -0.4 is 5.32 Å². The van der Waals surface area contributed by atoms with E-state index in [0.717, 1.165) is 0 Å². The standard InChI is InChI=1S/C18H27NO6/c1-6-23-12(2)24-15(16(20)21)14(13-10-8-7-9-11-13)19-17(22)25-18(3,4)5/h7-12,14-15H,6H2,1-5H3,(H,19,22)(H,20,21)/t12?,14-,15+/m0/s1. The molecule has 0 fully saturated rings. The van der Waals surface area contributed by atoms with Crippen molar-refractivity contribution in [3.63, 3.8) is 0 Å². The first-order chi connectivity index (χ1) is 11.6. The third kappa shape index (κ3) is 7.53. The van der Waals surface area contributed by atoms with Crippen molar-refractivity contribution in [1.29, 1.82) is 0 Å². The van der Waals surface area contributed by atoms with Crippen LogP contribution in [0.15, 0.2) is 30.3 Å². The number of benzene rings is 1. The molecular formula is C18H27NO6. The average molecular weight is 353 g/mol. The maximum Gasteiger partial charge on any atom is 0.408 e. The summed E-state index contributed by atoms with van der Waals surface area (Å²) in [5.74, 6) is -1.21. The zero-order valence-electron chi connectivity index (χ0n) is 15.3. The van der Waals surface area contributed by atoms with Gasteiger partial charge < -0.3 is 24.6 Å². The van der Waals surface area contributed by atoms with E-state index in [-0.39, 0.29) is 0 Å². The van der Waals surface area contributed by atoms with Crippen LogP contribution >= 0.6 is 0 Å². The lowest BCUT2D eigenvalue weighted by molar-refractivity contribution is -0.187. The Morgan fingerprint density at radius 1 is 1.20 bits per heavy atom. The molecule has 0 spiro atoms. The first kappa shape index (κ1) is 20.9. The quantitative estimate of drug-likeness (QED) is 0.698. The molecule has 1 unspecified atom stereocenters. The Balaban J connectivity index is 3.06. The monoisotopic (exact) mass is 353 g/mol. The van der Waals surface area contributed by atoms with Crippen LogP contribution in [0.4, 0.5) is 4.79 Å². The number of rotatable bonds is 8. The third-order valence-corrected chi connectivity index (χ3v) is 3.12. The molecule has 0 aromatic heterocycles. The minimum Gasteiger partial charge on any atom is -0.479 e. The van der Waals surface area contributed by atoms with Crippen molar-refractivity contribution in [2.45, 2.75) is 58.7 Å². The fraction of sp³-hybridized carbons (Fsp3) is 0.556. The number of carbonyl (C=O) groups is 2. The zero-order valence-corrected chi connectivity index (χ0v) is 15.3. The van der Waals surface area contributed by atoms with E-state index in [1.165, 1.54) is 0 Å². The normalized spacial score (nSPS) is 15.1. The van der Waals surface area contributed by atoms with Gasteiger partial charge in [0, 0.05) is 6.61 Å². The van der Waals surface area contributed by atoms with E-state index in [2.05, 4.69) is 5.32 Å². The minimum atomic E-state index is -1.34. The third-order valence-electron chi connectivity index (χ3n) is 3.12. The van der Waals surface area contributed by atoms with Gasteiger partial charge in [0.05, 0.1) is 6.04 Å². The van der Waals surface area contributed by atoms with Crippen LogP contribution in [0.3, 0.4) is 0 Å². The van der Waals surface area contributed by atoms with Crippen molar-refractivity contribution < 1.29 is 28.9 Å². The van der Waals surface area contributed by atoms with Gasteiger partial charge in [-0.05, 0) is 40.2 Å². The number of nitrogens with one attached hydrogen (secondary N) is 1. The second-order valence-electron chi connectivity index (χ2n) is 6.45. The van der Waals surface area contributed by atoms with Gasteiger partial charge in [-0.25, -0.2) is 9.59 Å². The lowest BCUT2D eigenvalue weighted by Crippen LogP contribution is -2.45. The topological polar surface area (TPSA) is 94.1 Å². The highest BCUT2D eigenvalue weighted by molar-refractivity contribution is 5.76. The van der Waals surface area contributed by atoms with Gasteiger partial charge in [0.2, 0.25) is 0 Å². The number of aliphatic carboxylic acids is 1. The molecule has 1 aromatic rings. The highest BCUT2D eigenvalue weighted by atomic mass is 16.7. The molecule has 1 aromatic carbocycles. The summed E-state index contributed by atoms with van der Waals surface area (Å²) < 4.78 is 16.0. The SMILES string of the molecule is CCOC(C)O[C@@H](C(=O)O)[C@@H](NC(=O)OC(C)(C)C)c1ccccc1. The van der Waals surface area contributed by atoms with Crippen molar-refractivity contribution in [3.05, 3.63) is 35.9 Å². The molecule has 0 saturated heterocycles. The predicted octanol–water partition coefficient (Wildman–Crippen LogP) is 3.10. The number of carboxylic acid groups (broad SMARTS) is 1. The van der Waals surface area contributed by atoms with E-state index in [1.54, 1.807) is 65.0 Å². The van der Waals surface area contributed by atoms with Crippen molar-refractivity contribution >= 4 is 12.1 Å². The maximum atomic E-state index is 12.2. The second kappa shape index (κ2) is 9.39. The van der Waals surface area contributed by atoms with E-state index in [4.69, 9.17) is 14.2 Å². The van der Waals surface area contributed by atoms with Crippen LogP contribution in [0.25, 0.3) is 0 Å². The Morgan fingerprint density at radius 2 is 1.80 bits per heavy atom. The van der Waals surface area contributed by atoms with Crippen LogP contribution in [0, 0.1) is 0 Å². The Bertz CT molecular complexity index is 554. The van der Waals surface area contributed by atoms with Gasteiger partial charge in [-0.1, -0.05) is 30.3 Å². The maximum absolute atomic E-state index is 12.2. The van der Waals surface area contributed by atoms with Gasteiger partial charge in [0.25, 0.3) is 0 Å². The first-order valence-corrected chi connectivity index (χ1v) is 8.18. The van der Waals surface area contributed by atoms with Gasteiger partial charge in [-0.15, -0.1) is 0 Å². The van der Waals surface area contributed by atoms with Crippen LogP contribution in [-0.2, 0) is 19.0 Å². The van der Waals surface area contributed by atoms with Crippen molar-refractivity contribution in [3.8, 4) is 0 Å². The molecule has 1 rings (SSSR count). The molecule has 2 N–H and O–H groups in total. The van der Waals surface area contributed by atoms with Crippen LogP contribution in [-0.4, -0.2) is 41.8 Å². The number of alkyl carbamates (subject to hydrolysis) is 1. The highest BCUT2D eigenvalue weighted by Crippen LogP contribution is 2.22. The van der Waals surface area contributed by atoms with E-state index in [1.807, 2.05) is 0 Å². The molecule has 0 aliphatic carbocycles. The molecule has 0 bridgehead atoms. The molecule has 140 valence electrons. The van der Waals surface area contributed by atoms with Gasteiger partial charge in [0.15, 0.2) is 12.4 Å².